The lowest BCUT2D eigenvalue weighted by Gasteiger charge is -2.10. The molecule has 0 aliphatic rings. The highest BCUT2D eigenvalue weighted by Crippen LogP contribution is 2.27. The Labute approximate surface area is 88.5 Å². The first-order valence-electron chi connectivity index (χ1n) is 3.97. The summed E-state index contributed by atoms with van der Waals surface area (Å²) in [6, 6.07) is 3.28. The summed E-state index contributed by atoms with van der Waals surface area (Å²) < 4.78 is 39.5. The van der Waals surface area contributed by atoms with Gasteiger partial charge in [-0.2, -0.15) is 10.5 Å². The molecule has 16 heavy (non-hydrogen) atoms. The van der Waals surface area contributed by atoms with Crippen LogP contribution in [0.5, 0.6) is 5.75 Å². The number of alkyl halides is 3. The van der Waals surface area contributed by atoms with Crippen molar-refractivity contribution in [2.24, 2.45) is 0 Å². The van der Waals surface area contributed by atoms with Gasteiger partial charge in [-0.25, -0.2) is 0 Å². The molecule has 7 heteroatoms. The highest BCUT2D eigenvalue weighted by molar-refractivity contribution is 5.47. The minimum absolute atomic E-state index is 0.103. The largest absolute Gasteiger partial charge is 0.573 e. The zero-order valence-corrected chi connectivity index (χ0v) is 7.75. The van der Waals surface area contributed by atoms with Crippen LogP contribution in [0, 0.1) is 22.7 Å². The monoisotopic (exact) mass is 227 g/mol. The Hall–Kier alpha value is -2.28. The van der Waals surface area contributed by atoms with Crippen LogP contribution in [0.4, 0.5) is 13.2 Å². The molecule has 82 valence electrons. The Kier molecular flexibility index (Phi) is 3.31. The third-order valence-corrected chi connectivity index (χ3v) is 1.60. The number of hydrogen-bond acceptors (Lipinski definition) is 4. The van der Waals surface area contributed by atoms with Gasteiger partial charge in [0, 0.05) is 11.8 Å². The highest BCUT2D eigenvalue weighted by Gasteiger charge is 2.32. The second kappa shape index (κ2) is 4.49. The van der Waals surface area contributed by atoms with Gasteiger partial charge < -0.3 is 4.74 Å². The van der Waals surface area contributed by atoms with Gasteiger partial charge in [-0.15, -0.1) is 13.2 Å². The molecule has 4 nitrogen and oxygen atoms in total. The van der Waals surface area contributed by atoms with Gasteiger partial charge in [-0.05, 0) is 0 Å². The molecule has 1 heterocycles. The SMILES string of the molecule is N#CCc1cncc(OC(F)(F)F)c1C#N. The molecule has 0 N–H and O–H groups in total. The summed E-state index contributed by atoms with van der Waals surface area (Å²) in [7, 11) is 0. The smallest absolute Gasteiger partial charge is 0.403 e. The summed E-state index contributed by atoms with van der Waals surface area (Å²) >= 11 is 0. The van der Waals surface area contributed by atoms with Gasteiger partial charge in [0.25, 0.3) is 0 Å². The normalized spacial score (nSPS) is 10.3. The lowest BCUT2D eigenvalue weighted by Crippen LogP contribution is -2.18. The fourth-order valence-electron chi connectivity index (χ4n) is 1.03. The zero-order chi connectivity index (χ0) is 12.2. The van der Waals surface area contributed by atoms with Crippen LogP contribution in [0.3, 0.4) is 0 Å². The Morgan fingerprint density at radius 2 is 2.00 bits per heavy atom. The molecule has 0 amide bonds. The first-order valence-corrected chi connectivity index (χ1v) is 3.97. The van der Waals surface area contributed by atoms with Gasteiger partial charge in [-0.3, -0.25) is 4.98 Å². The number of halogens is 3. The Bertz CT molecular complexity index is 470. The third-order valence-electron chi connectivity index (χ3n) is 1.60. The molecule has 1 aromatic heterocycles. The van der Waals surface area contributed by atoms with Gasteiger partial charge in [0.1, 0.15) is 11.6 Å². The van der Waals surface area contributed by atoms with Crippen molar-refractivity contribution in [2.75, 3.05) is 0 Å². The highest BCUT2D eigenvalue weighted by atomic mass is 19.4. The number of pyridine rings is 1. The molecule has 0 atom stereocenters. The fraction of sp³-hybridized carbons (Fsp3) is 0.222. The Balaban J connectivity index is 3.16. The number of aromatic nitrogens is 1. The van der Waals surface area contributed by atoms with Crippen molar-refractivity contribution >= 4 is 0 Å². The minimum Gasteiger partial charge on any atom is -0.403 e. The Morgan fingerprint density at radius 3 is 2.50 bits per heavy atom. The van der Waals surface area contributed by atoms with Gasteiger partial charge in [0.05, 0.1) is 18.7 Å². The van der Waals surface area contributed by atoms with E-state index in [1.165, 1.54) is 0 Å². The first kappa shape index (κ1) is 11.8. The molecule has 1 aromatic rings. The summed E-state index contributed by atoms with van der Waals surface area (Å²) in [5.41, 5.74) is -0.222. The van der Waals surface area contributed by atoms with Crippen LogP contribution in [0.2, 0.25) is 0 Å². The van der Waals surface area contributed by atoms with Gasteiger partial charge in [0.2, 0.25) is 0 Å². The maximum absolute atomic E-state index is 12.0. The number of hydrogen-bond donors (Lipinski definition) is 0. The lowest BCUT2D eigenvalue weighted by molar-refractivity contribution is -0.274. The van der Waals surface area contributed by atoms with Gasteiger partial charge in [-0.1, -0.05) is 0 Å². The second-order valence-corrected chi connectivity index (χ2v) is 2.67. The van der Waals surface area contributed by atoms with E-state index in [4.69, 9.17) is 10.5 Å². The van der Waals surface area contributed by atoms with Crippen molar-refractivity contribution in [3.05, 3.63) is 23.5 Å². The van der Waals surface area contributed by atoms with E-state index in [-0.39, 0.29) is 17.5 Å². The summed E-state index contributed by atoms with van der Waals surface area (Å²) in [4.78, 5) is 3.47. The van der Waals surface area contributed by atoms with E-state index in [1.807, 2.05) is 0 Å². The van der Waals surface area contributed by atoms with Crippen LogP contribution in [0.1, 0.15) is 11.1 Å². The maximum Gasteiger partial charge on any atom is 0.573 e. The van der Waals surface area contributed by atoms with Crippen molar-refractivity contribution in [1.29, 1.82) is 10.5 Å². The van der Waals surface area contributed by atoms with E-state index in [0.717, 1.165) is 12.4 Å². The summed E-state index contributed by atoms with van der Waals surface area (Å²) in [6.45, 7) is 0. The van der Waals surface area contributed by atoms with E-state index in [9.17, 15) is 13.2 Å². The number of nitrogens with zero attached hydrogens (tertiary/aromatic N) is 3. The molecule has 0 saturated heterocycles. The molecule has 0 spiro atoms. The van der Waals surface area contributed by atoms with Crippen LogP contribution < -0.4 is 4.74 Å². The van der Waals surface area contributed by atoms with Crippen LogP contribution in [0.25, 0.3) is 0 Å². The predicted octanol–water partition coefficient (Wildman–Crippen LogP) is 1.92. The van der Waals surface area contributed by atoms with Crippen LogP contribution >= 0.6 is 0 Å². The first-order chi connectivity index (χ1) is 7.48. The summed E-state index contributed by atoms with van der Waals surface area (Å²) in [5, 5.41) is 17.1. The molecule has 0 unspecified atom stereocenters. The Morgan fingerprint density at radius 1 is 1.31 bits per heavy atom. The van der Waals surface area contributed by atoms with Crippen molar-refractivity contribution in [3.8, 4) is 17.9 Å². The van der Waals surface area contributed by atoms with Gasteiger partial charge >= 0.3 is 6.36 Å². The molecule has 0 aliphatic heterocycles. The second-order valence-electron chi connectivity index (χ2n) is 2.67. The van der Waals surface area contributed by atoms with E-state index in [2.05, 4.69) is 9.72 Å². The lowest BCUT2D eigenvalue weighted by atomic mass is 10.1. The molecule has 0 aliphatic carbocycles. The number of rotatable bonds is 2. The molecule has 0 saturated carbocycles. The molecular weight excluding hydrogens is 223 g/mol. The fourth-order valence-corrected chi connectivity index (χ4v) is 1.03. The van der Waals surface area contributed by atoms with Crippen molar-refractivity contribution in [3.63, 3.8) is 0 Å². The van der Waals surface area contributed by atoms with Crippen molar-refractivity contribution in [1.82, 2.24) is 4.98 Å². The molecule has 0 bridgehead atoms. The van der Waals surface area contributed by atoms with Crippen molar-refractivity contribution in [2.45, 2.75) is 12.8 Å². The predicted molar refractivity (Wildman–Crippen MR) is 45.0 cm³/mol. The molecular formula is C9H4F3N3O. The van der Waals surface area contributed by atoms with E-state index in [1.54, 1.807) is 12.1 Å². The average Bonchev–Trinajstić information content (AvgIpc) is 2.16. The minimum atomic E-state index is -4.89. The van der Waals surface area contributed by atoms with Crippen LogP contribution in [-0.2, 0) is 6.42 Å². The van der Waals surface area contributed by atoms with Crippen LogP contribution in [-0.4, -0.2) is 11.3 Å². The molecule has 0 fully saturated rings. The van der Waals surface area contributed by atoms with Crippen LogP contribution in [0.15, 0.2) is 12.4 Å². The third kappa shape index (κ3) is 2.85. The van der Waals surface area contributed by atoms with E-state index in [0.29, 0.717) is 0 Å². The average molecular weight is 227 g/mol. The summed E-state index contributed by atoms with van der Waals surface area (Å²) in [6.07, 6.45) is -3.15. The topological polar surface area (TPSA) is 69.7 Å². The number of ether oxygens (including phenoxy) is 1. The molecule has 0 aromatic carbocycles. The number of nitriles is 2. The quantitative estimate of drug-likeness (QED) is 0.773. The molecule has 0 radical (unpaired) electrons. The van der Waals surface area contributed by atoms with Crippen molar-refractivity contribution < 1.29 is 17.9 Å². The zero-order valence-electron chi connectivity index (χ0n) is 7.75. The maximum atomic E-state index is 12.0. The van der Waals surface area contributed by atoms with E-state index >= 15 is 0 Å². The summed E-state index contributed by atoms with van der Waals surface area (Å²) in [5.74, 6) is -0.692. The standard InChI is InChI=1S/C9H4F3N3O/c10-9(11,12)16-8-5-15-4-6(1-2-13)7(8)3-14/h4-5H,1H2. The van der Waals surface area contributed by atoms with E-state index < -0.39 is 12.1 Å². The molecule has 1 rings (SSSR count). The van der Waals surface area contributed by atoms with Gasteiger partial charge in [0.15, 0.2) is 5.75 Å².